The van der Waals surface area contributed by atoms with Crippen molar-refractivity contribution < 1.29 is 18.3 Å². The normalized spacial score (nSPS) is 16.1. The molecule has 1 unspecified atom stereocenters. The largest absolute Gasteiger partial charge is 0.461 e. The van der Waals surface area contributed by atoms with Gasteiger partial charge >= 0.3 is 0 Å². The molecule has 1 saturated heterocycles. The van der Waals surface area contributed by atoms with Crippen molar-refractivity contribution in [3.05, 3.63) is 23.8 Å². The number of benzene rings is 1. The molecule has 0 aromatic heterocycles. The molecule has 1 aromatic carbocycles. The Morgan fingerprint density at radius 3 is 2.52 bits per heavy atom. The van der Waals surface area contributed by atoms with Gasteiger partial charge in [0.15, 0.2) is 11.6 Å². The molecule has 0 aliphatic carbocycles. The van der Waals surface area contributed by atoms with Crippen LogP contribution >= 0.6 is 11.8 Å². The number of anilines is 2. The van der Waals surface area contributed by atoms with Crippen LogP contribution < -0.4 is 15.5 Å². The second kappa shape index (κ2) is 8.35. The van der Waals surface area contributed by atoms with E-state index < -0.39 is 17.7 Å². The van der Waals surface area contributed by atoms with Crippen LogP contribution in [0.1, 0.15) is 0 Å². The Bertz CT molecular complexity index is 518. The molecule has 1 aromatic rings. The van der Waals surface area contributed by atoms with Crippen molar-refractivity contribution in [1.82, 2.24) is 0 Å². The van der Waals surface area contributed by atoms with Crippen LogP contribution in [0.4, 0.5) is 20.2 Å². The molecule has 8 heteroatoms. The van der Waals surface area contributed by atoms with E-state index in [9.17, 15) is 13.6 Å². The van der Waals surface area contributed by atoms with Gasteiger partial charge in [-0.15, -0.1) is 0 Å². The van der Waals surface area contributed by atoms with Crippen molar-refractivity contribution >= 4 is 29.6 Å². The number of carbonyl (C=O) groups is 1. The average Bonchev–Trinajstić information content (AvgIpc) is 2.54. The molecule has 0 spiro atoms. The molecule has 0 amide bonds. The van der Waals surface area contributed by atoms with Crippen LogP contribution in [0.3, 0.4) is 0 Å². The average molecular weight is 345 g/mol. The summed E-state index contributed by atoms with van der Waals surface area (Å²) in [4.78, 5) is 13.7. The van der Waals surface area contributed by atoms with Crippen LogP contribution in [-0.4, -0.2) is 57.3 Å². The van der Waals surface area contributed by atoms with E-state index >= 15 is 0 Å². The molecule has 5 nitrogen and oxygen atoms in total. The van der Waals surface area contributed by atoms with Gasteiger partial charge in [0.25, 0.3) is 6.47 Å². The summed E-state index contributed by atoms with van der Waals surface area (Å²) in [7, 11) is 1.67. The molecule has 1 fully saturated rings. The van der Waals surface area contributed by atoms with Gasteiger partial charge in [0.1, 0.15) is 11.8 Å². The minimum Gasteiger partial charge on any atom is -0.461 e. The van der Waals surface area contributed by atoms with Crippen molar-refractivity contribution in [2.45, 2.75) is 6.10 Å². The summed E-state index contributed by atoms with van der Waals surface area (Å²) < 4.78 is 33.6. The second-order valence-electron chi connectivity index (χ2n) is 5.33. The van der Waals surface area contributed by atoms with Gasteiger partial charge in [-0.25, -0.2) is 8.78 Å². The Morgan fingerprint density at radius 2 is 2.00 bits per heavy atom. The summed E-state index contributed by atoms with van der Waals surface area (Å²) >= 11 is 1.78. The molecule has 23 heavy (non-hydrogen) atoms. The van der Waals surface area contributed by atoms with Crippen LogP contribution in [0.5, 0.6) is 0 Å². The number of rotatable bonds is 7. The lowest BCUT2D eigenvalue weighted by Gasteiger charge is -2.30. The van der Waals surface area contributed by atoms with Gasteiger partial charge in [-0.1, -0.05) is 0 Å². The fraction of sp³-hybridized carbons (Fsp3) is 0.533. The zero-order valence-electron chi connectivity index (χ0n) is 13.0. The SMILES string of the molecule is CN(CC(CN)OC=O)c1cc(F)c(N2CCSCC2)c(F)c1. The summed E-state index contributed by atoms with van der Waals surface area (Å²) in [6.45, 7) is 1.99. The number of carbonyl (C=O) groups excluding carboxylic acids is 1. The third-order valence-corrected chi connectivity index (χ3v) is 4.70. The van der Waals surface area contributed by atoms with E-state index in [-0.39, 0.29) is 18.8 Å². The number of hydrogen-bond donors (Lipinski definition) is 1. The molecule has 0 radical (unpaired) electrons. The van der Waals surface area contributed by atoms with E-state index in [0.717, 1.165) is 11.5 Å². The maximum absolute atomic E-state index is 14.4. The highest BCUT2D eigenvalue weighted by atomic mass is 32.2. The maximum atomic E-state index is 14.4. The number of thioether (sulfide) groups is 1. The van der Waals surface area contributed by atoms with Gasteiger partial charge in [-0.2, -0.15) is 11.8 Å². The lowest BCUT2D eigenvalue weighted by Crippen LogP contribution is -2.36. The summed E-state index contributed by atoms with van der Waals surface area (Å²) in [6, 6.07) is 2.60. The standard InChI is InChI=1S/C15H21F2N3O2S/c1-19(9-12(8-18)22-10-21)11-6-13(16)15(14(17)7-11)20-2-4-23-5-3-20/h6-7,10,12H,2-5,8-9,18H2,1H3. The highest BCUT2D eigenvalue weighted by Crippen LogP contribution is 2.30. The van der Waals surface area contributed by atoms with E-state index in [1.165, 1.54) is 12.1 Å². The molecule has 1 aliphatic heterocycles. The van der Waals surface area contributed by atoms with E-state index in [1.807, 2.05) is 0 Å². The highest BCUT2D eigenvalue weighted by Gasteiger charge is 2.21. The van der Waals surface area contributed by atoms with Gasteiger partial charge in [-0.05, 0) is 12.1 Å². The number of nitrogens with two attached hydrogens (primary N) is 1. The van der Waals surface area contributed by atoms with E-state index in [4.69, 9.17) is 10.5 Å². The molecule has 1 atom stereocenters. The Hall–Kier alpha value is -1.54. The molecule has 128 valence electrons. The Kier molecular flexibility index (Phi) is 6.47. The molecule has 0 saturated carbocycles. The number of hydrogen-bond acceptors (Lipinski definition) is 6. The molecule has 1 aliphatic rings. The second-order valence-corrected chi connectivity index (χ2v) is 6.55. The third kappa shape index (κ3) is 4.48. The minimum atomic E-state index is -0.584. The monoisotopic (exact) mass is 345 g/mol. The molecule has 0 bridgehead atoms. The quantitative estimate of drug-likeness (QED) is 0.755. The molecule has 2 rings (SSSR count). The van der Waals surface area contributed by atoms with Crippen LogP contribution in [0.15, 0.2) is 12.1 Å². The smallest absolute Gasteiger partial charge is 0.293 e. The number of likely N-dealkylation sites (N-methyl/N-ethyl adjacent to an activating group) is 1. The maximum Gasteiger partial charge on any atom is 0.293 e. The Balaban J connectivity index is 2.16. The van der Waals surface area contributed by atoms with Crippen molar-refractivity contribution in [3.63, 3.8) is 0 Å². The number of halogens is 2. The first-order valence-corrected chi connectivity index (χ1v) is 8.54. The van der Waals surface area contributed by atoms with Gasteiger partial charge in [0.2, 0.25) is 0 Å². The Labute approximate surface area is 138 Å². The molecular formula is C15H21F2N3O2S. The summed E-state index contributed by atoms with van der Waals surface area (Å²) in [5, 5.41) is 0. The van der Waals surface area contributed by atoms with Gasteiger partial charge in [0, 0.05) is 43.9 Å². The van der Waals surface area contributed by atoms with E-state index in [2.05, 4.69) is 0 Å². The summed E-state index contributed by atoms with van der Waals surface area (Å²) in [5.41, 5.74) is 5.91. The van der Waals surface area contributed by atoms with Crippen molar-refractivity contribution in [1.29, 1.82) is 0 Å². The zero-order chi connectivity index (χ0) is 16.8. The minimum absolute atomic E-state index is 0.0296. The molecular weight excluding hydrogens is 324 g/mol. The lowest BCUT2D eigenvalue weighted by atomic mass is 10.2. The van der Waals surface area contributed by atoms with Crippen molar-refractivity contribution in [3.8, 4) is 0 Å². The zero-order valence-corrected chi connectivity index (χ0v) is 13.8. The highest BCUT2D eigenvalue weighted by molar-refractivity contribution is 7.99. The molecule has 1 heterocycles. The van der Waals surface area contributed by atoms with Crippen LogP contribution in [0.25, 0.3) is 0 Å². The first kappa shape index (κ1) is 17.8. The topological polar surface area (TPSA) is 58.8 Å². The number of ether oxygens (including phenoxy) is 1. The van der Waals surface area contributed by atoms with E-state index in [0.29, 0.717) is 25.2 Å². The molecule has 2 N–H and O–H groups in total. The summed E-state index contributed by atoms with van der Waals surface area (Å²) in [5.74, 6) is 0.558. The fourth-order valence-corrected chi connectivity index (χ4v) is 3.43. The van der Waals surface area contributed by atoms with Crippen LogP contribution in [-0.2, 0) is 9.53 Å². The number of nitrogens with zero attached hydrogens (tertiary/aromatic N) is 2. The lowest BCUT2D eigenvalue weighted by molar-refractivity contribution is -0.132. The van der Waals surface area contributed by atoms with Crippen molar-refractivity contribution in [2.24, 2.45) is 5.73 Å². The van der Waals surface area contributed by atoms with Crippen LogP contribution in [0, 0.1) is 11.6 Å². The first-order valence-electron chi connectivity index (χ1n) is 7.38. The third-order valence-electron chi connectivity index (χ3n) is 3.76. The van der Waals surface area contributed by atoms with Gasteiger partial charge in [0.05, 0.1) is 6.54 Å². The van der Waals surface area contributed by atoms with E-state index in [1.54, 1.807) is 28.6 Å². The van der Waals surface area contributed by atoms with Crippen molar-refractivity contribution in [2.75, 3.05) is 54.5 Å². The first-order chi connectivity index (χ1) is 11.1. The van der Waals surface area contributed by atoms with Gasteiger partial charge < -0.3 is 20.3 Å². The predicted octanol–water partition coefficient (Wildman–Crippen LogP) is 1.45. The van der Waals surface area contributed by atoms with Gasteiger partial charge in [-0.3, -0.25) is 4.79 Å². The Morgan fingerprint density at radius 1 is 1.39 bits per heavy atom. The predicted molar refractivity (Wildman–Crippen MR) is 89.2 cm³/mol. The van der Waals surface area contributed by atoms with Crippen LogP contribution in [0.2, 0.25) is 0 Å². The fourth-order valence-electron chi connectivity index (χ4n) is 2.52. The summed E-state index contributed by atoms with van der Waals surface area (Å²) in [6.07, 6.45) is -0.526.